The lowest BCUT2D eigenvalue weighted by atomic mass is 9.96. The minimum absolute atomic E-state index is 0.0953. The molecule has 110 valence electrons. The van der Waals surface area contributed by atoms with Crippen LogP contribution in [0, 0.1) is 0 Å². The third-order valence-corrected chi connectivity index (χ3v) is 3.18. The fourth-order valence-electron chi connectivity index (χ4n) is 1.97. The van der Waals surface area contributed by atoms with E-state index in [1.54, 1.807) is 4.90 Å². The van der Waals surface area contributed by atoms with E-state index in [1.165, 1.54) is 13.4 Å². The molecule has 1 amide bonds. The van der Waals surface area contributed by atoms with E-state index in [4.69, 9.17) is 21.1 Å². The second-order valence-electron chi connectivity index (χ2n) is 5.67. The lowest BCUT2D eigenvalue weighted by Crippen LogP contribution is -2.50. The number of methoxy groups -OCH3 is 1. The Hall–Kier alpha value is -1.56. The molecule has 7 heteroatoms. The summed E-state index contributed by atoms with van der Waals surface area (Å²) in [6.07, 6.45) is 1.09. The fourth-order valence-corrected chi connectivity index (χ4v) is 2.19. The van der Waals surface area contributed by atoms with E-state index in [0.717, 1.165) is 5.69 Å². The van der Waals surface area contributed by atoms with Crippen molar-refractivity contribution in [2.45, 2.75) is 32.3 Å². The highest BCUT2D eigenvalue weighted by atomic mass is 35.5. The number of hydrogen-bond donors (Lipinski definition) is 0. The predicted molar refractivity (Wildman–Crippen MR) is 74.1 cm³/mol. The van der Waals surface area contributed by atoms with Crippen LogP contribution in [0.5, 0.6) is 5.75 Å². The Balaban J connectivity index is 2.00. The van der Waals surface area contributed by atoms with E-state index in [1.807, 2.05) is 20.8 Å². The summed E-state index contributed by atoms with van der Waals surface area (Å²) in [5.74, 6) is 0.570. The summed E-state index contributed by atoms with van der Waals surface area (Å²) in [5.41, 5.74) is 0.241. The van der Waals surface area contributed by atoms with Crippen molar-refractivity contribution in [2.75, 3.05) is 20.2 Å². The molecule has 1 aliphatic heterocycles. The number of carbonyl (C=O) groups is 1. The maximum absolute atomic E-state index is 11.9. The standard InChI is InChI=1S/C13H18ClN3O3/c1-13(2,3)20-12(18)17-5-8(6-17)9-10(19-4)11(14)16-7-15-9/h7-8H,5-6H2,1-4H3. The summed E-state index contributed by atoms with van der Waals surface area (Å²) >= 11 is 5.96. The number of hydrogen-bond acceptors (Lipinski definition) is 5. The first-order chi connectivity index (χ1) is 9.31. The lowest BCUT2D eigenvalue weighted by molar-refractivity contribution is 0.00766. The molecule has 0 aliphatic carbocycles. The number of ether oxygens (including phenoxy) is 2. The van der Waals surface area contributed by atoms with Gasteiger partial charge in [-0.3, -0.25) is 0 Å². The van der Waals surface area contributed by atoms with Gasteiger partial charge in [-0.2, -0.15) is 0 Å². The minimum atomic E-state index is -0.488. The minimum Gasteiger partial charge on any atom is -0.492 e. The summed E-state index contributed by atoms with van der Waals surface area (Å²) in [6.45, 7) is 6.61. The Morgan fingerprint density at radius 3 is 2.60 bits per heavy atom. The zero-order chi connectivity index (χ0) is 14.9. The molecule has 1 fully saturated rings. The highest BCUT2D eigenvalue weighted by Crippen LogP contribution is 2.35. The summed E-state index contributed by atoms with van der Waals surface area (Å²) in [5, 5.41) is 0.285. The molecule has 0 unspecified atom stereocenters. The molecule has 20 heavy (non-hydrogen) atoms. The quantitative estimate of drug-likeness (QED) is 0.785. The Morgan fingerprint density at radius 2 is 2.05 bits per heavy atom. The first kappa shape index (κ1) is 14.8. The summed E-state index contributed by atoms with van der Waals surface area (Å²) in [7, 11) is 1.53. The second-order valence-corrected chi connectivity index (χ2v) is 6.02. The van der Waals surface area contributed by atoms with Crippen molar-refractivity contribution in [1.82, 2.24) is 14.9 Å². The van der Waals surface area contributed by atoms with Gasteiger partial charge in [0.25, 0.3) is 0 Å². The van der Waals surface area contributed by atoms with Crippen LogP contribution in [-0.4, -0.2) is 46.8 Å². The zero-order valence-electron chi connectivity index (χ0n) is 12.0. The molecule has 0 spiro atoms. The molecule has 2 rings (SSSR count). The molecule has 0 N–H and O–H groups in total. The fraction of sp³-hybridized carbons (Fsp3) is 0.615. The van der Waals surface area contributed by atoms with Gasteiger partial charge in [0.15, 0.2) is 10.9 Å². The third-order valence-electron chi connectivity index (χ3n) is 2.91. The molecule has 0 atom stereocenters. The molecule has 1 aromatic heterocycles. The monoisotopic (exact) mass is 299 g/mol. The molecule has 0 bridgehead atoms. The van der Waals surface area contributed by atoms with Crippen molar-refractivity contribution >= 4 is 17.7 Å². The topological polar surface area (TPSA) is 64.6 Å². The Labute approximate surface area is 123 Å². The highest BCUT2D eigenvalue weighted by Gasteiger charge is 2.37. The molecular weight excluding hydrogens is 282 g/mol. The van der Waals surface area contributed by atoms with E-state index in [-0.39, 0.29) is 17.2 Å². The van der Waals surface area contributed by atoms with Gasteiger partial charge in [0.05, 0.1) is 12.8 Å². The zero-order valence-corrected chi connectivity index (χ0v) is 12.8. The number of nitrogens with zero attached hydrogens (tertiary/aromatic N) is 3. The molecular formula is C13H18ClN3O3. The molecule has 0 saturated carbocycles. The Kier molecular flexibility index (Phi) is 4.04. The number of halogens is 1. The van der Waals surface area contributed by atoms with Crippen molar-refractivity contribution < 1.29 is 14.3 Å². The normalized spacial score (nSPS) is 15.8. The molecule has 0 radical (unpaired) electrons. The second kappa shape index (κ2) is 5.44. The Bertz CT molecular complexity index is 510. The lowest BCUT2D eigenvalue weighted by Gasteiger charge is -2.39. The van der Waals surface area contributed by atoms with Crippen LogP contribution in [0.4, 0.5) is 4.79 Å². The van der Waals surface area contributed by atoms with Gasteiger partial charge < -0.3 is 14.4 Å². The van der Waals surface area contributed by atoms with Gasteiger partial charge in [-0.15, -0.1) is 0 Å². The first-order valence-electron chi connectivity index (χ1n) is 6.34. The molecule has 1 aromatic rings. The average Bonchev–Trinajstić information content (AvgIpc) is 2.24. The van der Waals surface area contributed by atoms with Crippen LogP contribution < -0.4 is 4.74 Å². The van der Waals surface area contributed by atoms with Crippen molar-refractivity contribution in [3.05, 3.63) is 17.2 Å². The van der Waals surface area contributed by atoms with Crippen LogP contribution in [0.25, 0.3) is 0 Å². The number of aromatic nitrogens is 2. The van der Waals surface area contributed by atoms with Crippen molar-refractivity contribution in [2.24, 2.45) is 0 Å². The maximum atomic E-state index is 11.9. The summed E-state index contributed by atoms with van der Waals surface area (Å²) in [6, 6.07) is 0. The third kappa shape index (κ3) is 3.12. The van der Waals surface area contributed by atoms with Crippen LogP contribution in [0.1, 0.15) is 32.4 Å². The van der Waals surface area contributed by atoms with Gasteiger partial charge in [-0.05, 0) is 20.8 Å². The van der Waals surface area contributed by atoms with E-state index >= 15 is 0 Å². The smallest absolute Gasteiger partial charge is 0.410 e. The Morgan fingerprint density at radius 1 is 1.40 bits per heavy atom. The predicted octanol–water partition coefficient (Wildman–Crippen LogP) is 2.47. The van der Waals surface area contributed by atoms with Crippen molar-refractivity contribution in [1.29, 1.82) is 0 Å². The van der Waals surface area contributed by atoms with E-state index < -0.39 is 5.60 Å². The maximum Gasteiger partial charge on any atom is 0.410 e. The van der Waals surface area contributed by atoms with Crippen LogP contribution >= 0.6 is 11.6 Å². The average molecular weight is 300 g/mol. The van der Waals surface area contributed by atoms with Crippen LogP contribution in [-0.2, 0) is 4.74 Å². The van der Waals surface area contributed by atoms with Crippen LogP contribution in [0.3, 0.4) is 0 Å². The molecule has 6 nitrogen and oxygen atoms in total. The largest absolute Gasteiger partial charge is 0.492 e. The van der Waals surface area contributed by atoms with E-state index in [2.05, 4.69) is 9.97 Å². The molecule has 0 aromatic carbocycles. The number of likely N-dealkylation sites (tertiary alicyclic amines) is 1. The molecule has 2 heterocycles. The van der Waals surface area contributed by atoms with Gasteiger partial charge >= 0.3 is 6.09 Å². The van der Waals surface area contributed by atoms with E-state index in [0.29, 0.717) is 18.8 Å². The van der Waals surface area contributed by atoms with E-state index in [9.17, 15) is 4.79 Å². The van der Waals surface area contributed by atoms with Gasteiger partial charge in [0.1, 0.15) is 11.9 Å². The van der Waals surface area contributed by atoms with Gasteiger partial charge in [0, 0.05) is 19.0 Å². The summed E-state index contributed by atoms with van der Waals surface area (Å²) in [4.78, 5) is 21.6. The SMILES string of the molecule is COc1c(Cl)ncnc1C1CN(C(=O)OC(C)(C)C)C1. The van der Waals surface area contributed by atoms with Crippen LogP contribution in [0.2, 0.25) is 5.15 Å². The van der Waals surface area contributed by atoms with Crippen molar-refractivity contribution in [3.8, 4) is 5.75 Å². The highest BCUT2D eigenvalue weighted by molar-refractivity contribution is 6.30. The summed E-state index contributed by atoms with van der Waals surface area (Å²) < 4.78 is 10.5. The molecule has 1 aliphatic rings. The molecule has 1 saturated heterocycles. The first-order valence-corrected chi connectivity index (χ1v) is 6.72. The van der Waals surface area contributed by atoms with Gasteiger partial charge in [0.2, 0.25) is 0 Å². The number of carbonyl (C=O) groups excluding carboxylic acids is 1. The number of amides is 1. The van der Waals surface area contributed by atoms with Crippen LogP contribution in [0.15, 0.2) is 6.33 Å². The van der Waals surface area contributed by atoms with Gasteiger partial charge in [-0.1, -0.05) is 11.6 Å². The van der Waals surface area contributed by atoms with Crippen molar-refractivity contribution in [3.63, 3.8) is 0 Å². The number of rotatable bonds is 2. The van der Waals surface area contributed by atoms with Gasteiger partial charge in [-0.25, -0.2) is 14.8 Å².